The van der Waals surface area contributed by atoms with Crippen LogP contribution in [0.1, 0.15) is 23.3 Å². The lowest BCUT2D eigenvalue weighted by atomic mass is 10.1. The van der Waals surface area contributed by atoms with Gasteiger partial charge in [-0.05, 0) is 56.9 Å². The Labute approximate surface area is 108 Å². The van der Waals surface area contributed by atoms with E-state index in [0.717, 1.165) is 12.6 Å². The van der Waals surface area contributed by atoms with Crippen molar-refractivity contribution in [3.05, 3.63) is 21.9 Å². The lowest BCUT2D eigenvalue weighted by Gasteiger charge is -2.31. The first-order valence-corrected chi connectivity index (χ1v) is 6.60. The molecule has 1 saturated heterocycles. The second kappa shape index (κ2) is 6.60. The molecule has 1 N–H and O–H groups in total. The SMILES string of the molecule is CNC1CCN(Cc2sccc2C)CC1.Cl. The molecule has 0 bridgehead atoms. The van der Waals surface area contributed by atoms with Gasteiger partial charge in [-0.1, -0.05) is 0 Å². The molecule has 0 aliphatic carbocycles. The van der Waals surface area contributed by atoms with E-state index in [0.29, 0.717) is 0 Å². The summed E-state index contributed by atoms with van der Waals surface area (Å²) in [5, 5.41) is 5.57. The van der Waals surface area contributed by atoms with Crippen LogP contribution < -0.4 is 5.32 Å². The van der Waals surface area contributed by atoms with Gasteiger partial charge in [0, 0.05) is 17.5 Å². The Kier molecular flexibility index (Phi) is 5.76. The number of thiophene rings is 1. The van der Waals surface area contributed by atoms with Gasteiger partial charge in [-0.15, -0.1) is 23.7 Å². The van der Waals surface area contributed by atoms with Crippen molar-refractivity contribution in [1.82, 2.24) is 10.2 Å². The maximum absolute atomic E-state index is 3.37. The van der Waals surface area contributed by atoms with Gasteiger partial charge in [-0.2, -0.15) is 0 Å². The molecule has 4 heteroatoms. The minimum absolute atomic E-state index is 0. The molecule has 1 aromatic rings. The maximum Gasteiger partial charge on any atom is 0.0330 e. The number of nitrogens with one attached hydrogen (secondary N) is 1. The highest BCUT2D eigenvalue weighted by Crippen LogP contribution is 2.20. The van der Waals surface area contributed by atoms with E-state index in [9.17, 15) is 0 Å². The molecule has 0 unspecified atom stereocenters. The number of nitrogens with zero attached hydrogens (tertiary/aromatic N) is 1. The number of aryl methyl sites for hydroxylation is 1. The summed E-state index contributed by atoms with van der Waals surface area (Å²) in [5.74, 6) is 0. The average molecular weight is 261 g/mol. The first kappa shape index (κ1) is 14.0. The Hall–Kier alpha value is -0.0900. The Morgan fingerprint density at radius 2 is 2.12 bits per heavy atom. The first-order chi connectivity index (χ1) is 7.29. The third-order valence-corrected chi connectivity index (χ3v) is 4.34. The highest BCUT2D eigenvalue weighted by molar-refractivity contribution is 7.10. The average Bonchev–Trinajstić information content (AvgIpc) is 2.66. The quantitative estimate of drug-likeness (QED) is 0.899. The highest BCUT2D eigenvalue weighted by Gasteiger charge is 2.18. The molecular weight excluding hydrogens is 240 g/mol. The maximum atomic E-state index is 3.37. The smallest absolute Gasteiger partial charge is 0.0330 e. The number of halogens is 1. The zero-order valence-corrected chi connectivity index (χ0v) is 11.7. The molecule has 1 aromatic heterocycles. The van der Waals surface area contributed by atoms with Gasteiger partial charge in [-0.3, -0.25) is 4.90 Å². The molecule has 0 saturated carbocycles. The van der Waals surface area contributed by atoms with E-state index in [1.54, 1.807) is 0 Å². The molecule has 92 valence electrons. The highest BCUT2D eigenvalue weighted by atomic mass is 35.5. The molecule has 1 aliphatic rings. The van der Waals surface area contributed by atoms with Crippen LogP contribution in [-0.2, 0) is 6.54 Å². The number of piperidine rings is 1. The fourth-order valence-electron chi connectivity index (χ4n) is 2.15. The molecule has 0 aromatic carbocycles. The van der Waals surface area contributed by atoms with Gasteiger partial charge in [0.05, 0.1) is 0 Å². The zero-order valence-electron chi connectivity index (χ0n) is 10.0. The summed E-state index contributed by atoms with van der Waals surface area (Å²) in [7, 11) is 2.07. The van der Waals surface area contributed by atoms with E-state index in [4.69, 9.17) is 0 Å². The summed E-state index contributed by atoms with van der Waals surface area (Å²) < 4.78 is 0. The van der Waals surface area contributed by atoms with Crippen LogP contribution in [-0.4, -0.2) is 31.1 Å². The molecule has 0 atom stereocenters. The number of hydrogen-bond donors (Lipinski definition) is 1. The van der Waals surface area contributed by atoms with E-state index in [-0.39, 0.29) is 12.4 Å². The normalized spacial score (nSPS) is 18.4. The fraction of sp³-hybridized carbons (Fsp3) is 0.667. The molecule has 2 heterocycles. The Morgan fingerprint density at radius 3 is 2.62 bits per heavy atom. The van der Waals surface area contributed by atoms with Crippen LogP contribution in [0.5, 0.6) is 0 Å². The topological polar surface area (TPSA) is 15.3 Å². The predicted octanol–water partition coefficient (Wildman–Crippen LogP) is 2.66. The van der Waals surface area contributed by atoms with Crippen molar-refractivity contribution in [1.29, 1.82) is 0 Å². The van der Waals surface area contributed by atoms with Gasteiger partial charge >= 0.3 is 0 Å². The van der Waals surface area contributed by atoms with E-state index in [1.165, 1.54) is 36.4 Å². The van der Waals surface area contributed by atoms with Gasteiger partial charge in [0.25, 0.3) is 0 Å². The second-order valence-corrected chi connectivity index (χ2v) is 5.37. The van der Waals surface area contributed by atoms with E-state index < -0.39 is 0 Å². The minimum Gasteiger partial charge on any atom is -0.317 e. The van der Waals surface area contributed by atoms with Crippen LogP contribution in [0.4, 0.5) is 0 Å². The van der Waals surface area contributed by atoms with Crippen LogP contribution in [0, 0.1) is 6.92 Å². The Bertz CT molecular complexity index is 306. The fourth-order valence-corrected chi connectivity index (χ4v) is 3.10. The third kappa shape index (κ3) is 3.45. The standard InChI is InChI=1S/C12H20N2S.ClH/c1-10-5-8-15-12(10)9-14-6-3-11(13-2)4-7-14;/h5,8,11,13H,3-4,6-7,9H2,1-2H3;1H. The first-order valence-electron chi connectivity index (χ1n) is 5.72. The monoisotopic (exact) mass is 260 g/mol. The molecule has 2 nitrogen and oxygen atoms in total. The van der Waals surface area contributed by atoms with Gasteiger partial charge in [0.2, 0.25) is 0 Å². The van der Waals surface area contributed by atoms with Gasteiger partial charge in [-0.25, -0.2) is 0 Å². The van der Waals surface area contributed by atoms with Crippen LogP contribution in [0.25, 0.3) is 0 Å². The van der Waals surface area contributed by atoms with Crippen LogP contribution >= 0.6 is 23.7 Å². The van der Waals surface area contributed by atoms with Crippen LogP contribution in [0.3, 0.4) is 0 Å². The zero-order chi connectivity index (χ0) is 10.7. The summed E-state index contributed by atoms with van der Waals surface area (Å²) in [4.78, 5) is 4.12. The summed E-state index contributed by atoms with van der Waals surface area (Å²) in [6.45, 7) is 5.85. The second-order valence-electron chi connectivity index (χ2n) is 4.37. The molecule has 16 heavy (non-hydrogen) atoms. The Balaban J connectivity index is 0.00000128. The van der Waals surface area contributed by atoms with Gasteiger partial charge in [0.1, 0.15) is 0 Å². The minimum atomic E-state index is 0. The van der Waals surface area contributed by atoms with Crippen molar-refractivity contribution in [2.75, 3.05) is 20.1 Å². The van der Waals surface area contributed by atoms with E-state index in [2.05, 4.69) is 35.6 Å². The molecule has 1 aliphatic heterocycles. The molecule has 2 rings (SSSR count). The van der Waals surface area contributed by atoms with Gasteiger partial charge < -0.3 is 5.32 Å². The van der Waals surface area contributed by atoms with Crippen molar-refractivity contribution in [3.63, 3.8) is 0 Å². The number of likely N-dealkylation sites (tertiary alicyclic amines) is 1. The summed E-state index contributed by atoms with van der Waals surface area (Å²) in [6.07, 6.45) is 2.59. The Morgan fingerprint density at radius 1 is 1.44 bits per heavy atom. The molecule has 0 radical (unpaired) electrons. The lowest BCUT2D eigenvalue weighted by Crippen LogP contribution is -2.40. The summed E-state index contributed by atoms with van der Waals surface area (Å²) >= 11 is 1.89. The predicted molar refractivity (Wildman–Crippen MR) is 73.7 cm³/mol. The van der Waals surface area contributed by atoms with Crippen molar-refractivity contribution < 1.29 is 0 Å². The van der Waals surface area contributed by atoms with E-state index in [1.807, 2.05) is 11.3 Å². The van der Waals surface area contributed by atoms with Crippen molar-refractivity contribution >= 4 is 23.7 Å². The molecule has 0 spiro atoms. The van der Waals surface area contributed by atoms with Crippen LogP contribution in [0.2, 0.25) is 0 Å². The van der Waals surface area contributed by atoms with Gasteiger partial charge in [0.15, 0.2) is 0 Å². The number of hydrogen-bond acceptors (Lipinski definition) is 3. The number of rotatable bonds is 3. The van der Waals surface area contributed by atoms with Crippen molar-refractivity contribution in [2.24, 2.45) is 0 Å². The third-order valence-electron chi connectivity index (χ3n) is 3.33. The largest absolute Gasteiger partial charge is 0.317 e. The van der Waals surface area contributed by atoms with Crippen molar-refractivity contribution in [3.8, 4) is 0 Å². The van der Waals surface area contributed by atoms with Crippen molar-refractivity contribution in [2.45, 2.75) is 32.4 Å². The molecule has 1 fully saturated rings. The lowest BCUT2D eigenvalue weighted by molar-refractivity contribution is 0.196. The summed E-state index contributed by atoms with van der Waals surface area (Å²) in [5.41, 5.74) is 1.45. The van der Waals surface area contributed by atoms with E-state index >= 15 is 0 Å². The summed E-state index contributed by atoms with van der Waals surface area (Å²) in [6, 6.07) is 2.96. The molecular formula is C12H21ClN2S. The molecule has 0 amide bonds. The van der Waals surface area contributed by atoms with Crippen LogP contribution in [0.15, 0.2) is 11.4 Å².